The van der Waals surface area contributed by atoms with E-state index in [1.165, 1.54) is 37.7 Å². The van der Waals surface area contributed by atoms with Crippen LogP contribution in [0.3, 0.4) is 0 Å². The number of benzene rings is 1. The molecule has 1 aliphatic carbocycles. The average Bonchev–Trinajstić information content (AvgIpc) is 2.45. The van der Waals surface area contributed by atoms with Gasteiger partial charge in [0.1, 0.15) is 0 Å². The zero-order valence-corrected chi connectivity index (χ0v) is 12.8. The van der Waals surface area contributed by atoms with E-state index in [1.807, 2.05) is 25.2 Å². The van der Waals surface area contributed by atoms with Gasteiger partial charge in [-0.1, -0.05) is 31.4 Å². The Bertz CT molecular complexity index is 427. The fraction of sp³-hybridized carbons (Fsp3) is 0.625. The van der Waals surface area contributed by atoms with Gasteiger partial charge in [0.2, 0.25) is 0 Å². The molecule has 1 aliphatic rings. The molecule has 0 bridgehead atoms. The Balaban J connectivity index is 1.99. The van der Waals surface area contributed by atoms with Gasteiger partial charge in [-0.25, -0.2) is 0 Å². The highest BCUT2D eigenvalue weighted by atomic mass is 32.2. The zero-order chi connectivity index (χ0) is 13.7. The van der Waals surface area contributed by atoms with Crippen molar-refractivity contribution in [2.24, 2.45) is 5.92 Å². The van der Waals surface area contributed by atoms with Crippen molar-refractivity contribution in [3.63, 3.8) is 0 Å². The highest BCUT2D eigenvalue weighted by Crippen LogP contribution is 2.27. The van der Waals surface area contributed by atoms with E-state index in [1.54, 1.807) is 0 Å². The van der Waals surface area contributed by atoms with Crippen molar-refractivity contribution in [3.8, 4) is 0 Å². The van der Waals surface area contributed by atoms with Crippen LogP contribution in [-0.4, -0.2) is 23.1 Å². The molecule has 1 aromatic carbocycles. The SMILES string of the molecule is CNC(CS(=O)c1cccc(C)c1)C1CCCCC1. The normalized spacial score (nSPS) is 20.1. The van der Waals surface area contributed by atoms with E-state index in [-0.39, 0.29) is 0 Å². The van der Waals surface area contributed by atoms with Crippen LogP contribution in [0.5, 0.6) is 0 Å². The minimum Gasteiger partial charge on any atom is -0.316 e. The molecule has 19 heavy (non-hydrogen) atoms. The molecule has 1 N–H and O–H groups in total. The molecule has 2 rings (SSSR count). The van der Waals surface area contributed by atoms with Crippen LogP contribution in [0.25, 0.3) is 0 Å². The first-order chi connectivity index (χ1) is 9.20. The lowest BCUT2D eigenvalue weighted by Crippen LogP contribution is -2.39. The molecule has 0 heterocycles. The Morgan fingerprint density at radius 1 is 1.32 bits per heavy atom. The summed E-state index contributed by atoms with van der Waals surface area (Å²) in [7, 11) is 1.12. The molecule has 0 spiro atoms. The van der Waals surface area contributed by atoms with Gasteiger partial charge < -0.3 is 5.32 Å². The van der Waals surface area contributed by atoms with Crippen LogP contribution in [0.4, 0.5) is 0 Å². The van der Waals surface area contributed by atoms with Gasteiger partial charge in [0, 0.05) is 16.7 Å². The highest BCUT2D eigenvalue weighted by Gasteiger charge is 2.24. The second-order valence-corrected chi connectivity index (χ2v) is 7.12. The third-order valence-corrected chi connectivity index (χ3v) is 5.61. The Morgan fingerprint density at radius 3 is 2.68 bits per heavy atom. The van der Waals surface area contributed by atoms with Gasteiger partial charge in [-0.15, -0.1) is 0 Å². The first-order valence-electron chi connectivity index (χ1n) is 7.33. The molecule has 2 atom stereocenters. The molecule has 1 saturated carbocycles. The lowest BCUT2D eigenvalue weighted by atomic mass is 9.84. The molecule has 1 aromatic rings. The maximum Gasteiger partial charge on any atom is 0.0545 e. The van der Waals surface area contributed by atoms with Gasteiger partial charge in [-0.2, -0.15) is 0 Å². The maximum absolute atomic E-state index is 12.5. The van der Waals surface area contributed by atoms with Gasteiger partial charge in [-0.05, 0) is 50.4 Å². The number of hydrogen-bond donors (Lipinski definition) is 1. The molecule has 0 amide bonds. The number of aryl methyl sites for hydroxylation is 1. The molecule has 0 saturated heterocycles. The monoisotopic (exact) mass is 279 g/mol. The third kappa shape index (κ3) is 4.15. The minimum absolute atomic E-state index is 0.390. The van der Waals surface area contributed by atoms with Gasteiger partial charge in [0.25, 0.3) is 0 Å². The molecule has 1 fully saturated rings. The van der Waals surface area contributed by atoms with E-state index >= 15 is 0 Å². The lowest BCUT2D eigenvalue weighted by Gasteiger charge is -2.29. The topological polar surface area (TPSA) is 29.1 Å². The summed E-state index contributed by atoms with van der Waals surface area (Å²) in [6.07, 6.45) is 6.61. The lowest BCUT2D eigenvalue weighted by molar-refractivity contribution is 0.294. The van der Waals surface area contributed by atoms with E-state index < -0.39 is 10.8 Å². The second-order valence-electron chi connectivity index (χ2n) is 5.62. The minimum atomic E-state index is -0.888. The summed E-state index contributed by atoms with van der Waals surface area (Å²) in [5, 5.41) is 3.39. The average molecular weight is 279 g/mol. The van der Waals surface area contributed by atoms with E-state index in [9.17, 15) is 4.21 Å². The van der Waals surface area contributed by atoms with Crippen LogP contribution >= 0.6 is 0 Å². The fourth-order valence-electron chi connectivity index (χ4n) is 3.01. The molecule has 2 unspecified atom stereocenters. The van der Waals surface area contributed by atoms with Crippen LogP contribution in [0.2, 0.25) is 0 Å². The van der Waals surface area contributed by atoms with Crippen molar-refractivity contribution in [1.82, 2.24) is 5.32 Å². The second kappa shape index (κ2) is 7.20. The molecule has 3 heteroatoms. The van der Waals surface area contributed by atoms with Crippen molar-refractivity contribution >= 4 is 10.8 Å². The summed E-state index contributed by atoms with van der Waals surface area (Å²) < 4.78 is 12.5. The van der Waals surface area contributed by atoms with Crippen LogP contribution in [-0.2, 0) is 10.8 Å². The Hall–Kier alpha value is -0.670. The maximum atomic E-state index is 12.5. The van der Waals surface area contributed by atoms with E-state index in [0.717, 1.165) is 10.6 Å². The molecular weight excluding hydrogens is 254 g/mol. The summed E-state index contributed by atoms with van der Waals surface area (Å²) in [5.74, 6) is 1.44. The number of rotatable bonds is 5. The van der Waals surface area contributed by atoms with Gasteiger partial charge in [0.05, 0.1) is 10.8 Å². The largest absolute Gasteiger partial charge is 0.316 e. The summed E-state index contributed by atoms with van der Waals surface area (Å²) in [4.78, 5) is 0.969. The molecule has 0 radical (unpaired) electrons. The zero-order valence-electron chi connectivity index (χ0n) is 12.0. The Labute approximate surface area is 119 Å². The van der Waals surface area contributed by atoms with Gasteiger partial charge >= 0.3 is 0 Å². The molecule has 2 nitrogen and oxygen atoms in total. The van der Waals surface area contributed by atoms with Crippen molar-refractivity contribution in [2.45, 2.75) is 50.0 Å². The predicted molar refractivity (Wildman–Crippen MR) is 81.9 cm³/mol. The number of hydrogen-bond acceptors (Lipinski definition) is 2. The predicted octanol–water partition coefficient (Wildman–Crippen LogP) is 3.27. The third-order valence-electron chi connectivity index (χ3n) is 4.17. The van der Waals surface area contributed by atoms with Crippen LogP contribution in [0.1, 0.15) is 37.7 Å². The summed E-state index contributed by atoms with van der Waals surface area (Å²) >= 11 is 0. The van der Waals surface area contributed by atoms with Gasteiger partial charge in [-0.3, -0.25) is 4.21 Å². The van der Waals surface area contributed by atoms with E-state index in [4.69, 9.17) is 0 Å². The number of nitrogens with one attached hydrogen (secondary N) is 1. The molecule has 0 aromatic heterocycles. The summed E-state index contributed by atoms with van der Waals surface area (Å²) in [6, 6.07) is 8.47. The molecular formula is C16H25NOS. The van der Waals surface area contributed by atoms with Crippen LogP contribution in [0.15, 0.2) is 29.2 Å². The van der Waals surface area contributed by atoms with Crippen molar-refractivity contribution in [2.75, 3.05) is 12.8 Å². The summed E-state index contributed by atoms with van der Waals surface area (Å²) in [6.45, 7) is 2.05. The van der Waals surface area contributed by atoms with Crippen LogP contribution < -0.4 is 5.32 Å². The van der Waals surface area contributed by atoms with Crippen molar-refractivity contribution in [1.29, 1.82) is 0 Å². The Kier molecular flexibility index (Phi) is 5.59. The standard InChI is InChI=1S/C16H25NOS/c1-13-7-6-10-15(11-13)19(18)12-16(17-2)14-8-4-3-5-9-14/h6-7,10-11,14,16-17H,3-5,8-9,12H2,1-2H3. The molecule has 0 aliphatic heterocycles. The van der Waals surface area contributed by atoms with E-state index in [0.29, 0.717) is 12.0 Å². The Morgan fingerprint density at radius 2 is 2.05 bits per heavy atom. The molecule has 106 valence electrons. The fourth-order valence-corrected chi connectivity index (χ4v) is 4.51. The van der Waals surface area contributed by atoms with Crippen molar-refractivity contribution < 1.29 is 4.21 Å². The van der Waals surface area contributed by atoms with E-state index in [2.05, 4.69) is 18.3 Å². The smallest absolute Gasteiger partial charge is 0.0545 e. The highest BCUT2D eigenvalue weighted by molar-refractivity contribution is 7.85. The summed E-state index contributed by atoms with van der Waals surface area (Å²) in [5.41, 5.74) is 1.18. The van der Waals surface area contributed by atoms with Crippen LogP contribution in [0, 0.1) is 12.8 Å². The van der Waals surface area contributed by atoms with Gasteiger partial charge in [0.15, 0.2) is 0 Å². The first-order valence-corrected chi connectivity index (χ1v) is 8.65. The quantitative estimate of drug-likeness (QED) is 0.896. The van der Waals surface area contributed by atoms with Crippen molar-refractivity contribution in [3.05, 3.63) is 29.8 Å². The first kappa shape index (κ1) is 14.7.